The van der Waals surface area contributed by atoms with Crippen LogP contribution in [0.3, 0.4) is 0 Å². The van der Waals surface area contributed by atoms with Gasteiger partial charge in [0, 0.05) is 8.07 Å². The largest absolute Gasteiger partial charge is 3.00 e. The third-order valence-electron chi connectivity index (χ3n) is 3.63. The second-order valence-electron chi connectivity index (χ2n) is 5.03. The molecule has 1 heterocycles. The number of carbonyl (C=O) groups excluding carboxylic acids is 1. The maximum Gasteiger partial charge on any atom is 3.00 e. The quantitative estimate of drug-likeness (QED) is 0.387. The summed E-state index contributed by atoms with van der Waals surface area (Å²) in [4.78, 5) is 11.3. The van der Waals surface area contributed by atoms with E-state index in [9.17, 15) is 4.79 Å². The number of hydrogen-bond acceptors (Lipinski definition) is 2. The summed E-state index contributed by atoms with van der Waals surface area (Å²) in [6.45, 7) is 4.12. The summed E-state index contributed by atoms with van der Waals surface area (Å²) in [6, 6.07) is 8.36. The SMILES string of the molecule is C[Si]1(C)c2cccc3[cH-]c(NC(=O)CO)c1c23.[Cl-].[Cl-].[Zr+3]. The van der Waals surface area contributed by atoms with Crippen LogP contribution >= 0.6 is 0 Å². The number of anilines is 1. The minimum Gasteiger partial charge on any atom is -1.00 e. The van der Waals surface area contributed by atoms with E-state index in [2.05, 4.69) is 36.6 Å². The maximum absolute atomic E-state index is 11.3. The summed E-state index contributed by atoms with van der Waals surface area (Å²) >= 11 is 0. The van der Waals surface area contributed by atoms with Crippen molar-refractivity contribution in [3.63, 3.8) is 0 Å². The van der Waals surface area contributed by atoms with Gasteiger partial charge >= 0.3 is 26.2 Å². The molecule has 1 aliphatic heterocycles. The molecule has 3 nitrogen and oxygen atoms in total. The third-order valence-corrected chi connectivity index (χ3v) is 7.16. The van der Waals surface area contributed by atoms with Crippen molar-refractivity contribution in [2.45, 2.75) is 13.1 Å². The van der Waals surface area contributed by atoms with E-state index >= 15 is 0 Å². The van der Waals surface area contributed by atoms with Gasteiger partial charge in [0.05, 0.1) is 0 Å². The van der Waals surface area contributed by atoms with Gasteiger partial charge in [-0.25, -0.2) is 0 Å². The van der Waals surface area contributed by atoms with Crippen molar-refractivity contribution in [1.82, 2.24) is 0 Å². The van der Waals surface area contributed by atoms with E-state index in [-0.39, 0.29) is 56.9 Å². The van der Waals surface area contributed by atoms with Crippen LogP contribution in [0, 0.1) is 0 Å². The van der Waals surface area contributed by atoms with E-state index in [1.54, 1.807) is 0 Å². The summed E-state index contributed by atoms with van der Waals surface area (Å²) < 4.78 is 0. The van der Waals surface area contributed by atoms with Gasteiger partial charge in [-0.3, -0.25) is 4.79 Å². The van der Waals surface area contributed by atoms with Gasteiger partial charge in [-0.05, 0) is 5.69 Å². The summed E-state index contributed by atoms with van der Waals surface area (Å²) in [5.41, 5.74) is 0.898. The molecular formula is C13H14Cl2NO2SiZr. The maximum atomic E-state index is 11.3. The Balaban J connectivity index is 0.00000120. The Hall–Kier alpha value is -0.0600. The van der Waals surface area contributed by atoms with Crippen LogP contribution in [0.25, 0.3) is 10.8 Å². The molecule has 1 aliphatic rings. The first-order valence-electron chi connectivity index (χ1n) is 5.70. The van der Waals surface area contributed by atoms with Gasteiger partial charge in [-0.15, -0.1) is 39.3 Å². The zero-order chi connectivity index (χ0) is 12.2. The van der Waals surface area contributed by atoms with Gasteiger partial charge in [0.25, 0.3) is 0 Å². The van der Waals surface area contributed by atoms with E-state index in [1.165, 1.54) is 21.1 Å². The number of amides is 1. The molecule has 0 saturated heterocycles. The molecule has 20 heavy (non-hydrogen) atoms. The zero-order valence-electron chi connectivity index (χ0n) is 11.1. The van der Waals surface area contributed by atoms with Crippen molar-refractivity contribution < 1.29 is 60.9 Å². The molecule has 7 heteroatoms. The standard InChI is InChI=1S/C13H14NO2Si.2ClH.Zr/c1-17(2)10-5-3-4-8-6-9(13(17)12(8)10)14-11(16)7-15;;;/h3-6,15H,7H2,1-2H3,(H,14,16);2*1H;/q-1;;;+3/p-2. The number of nitrogens with one attached hydrogen (secondary N) is 1. The Morgan fingerprint density at radius 1 is 1.35 bits per heavy atom. The predicted molar refractivity (Wildman–Crippen MR) is 72.0 cm³/mol. The van der Waals surface area contributed by atoms with Crippen molar-refractivity contribution in [3.05, 3.63) is 24.3 Å². The van der Waals surface area contributed by atoms with Crippen LogP contribution in [0.1, 0.15) is 0 Å². The summed E-state index contributed by atoms with van der Waals surface area (Å²) in [6.07, 6.45) is 0. The summed E-state index contributed by atoms with van der Waals surface area (Å²) in [5.74, 6) is -0.338. The Labute approximate surface area is 150 Å². The van der Waals surface area contributed by atoms with Crippen LogP contribution in [0.5, 0.6) is 0 Å². The van der Waals surface area contributed by atoms with Gasteiger partial charge in [0.15, 0.2) is 0 Å². The van der Waals surface area contributed by atoms with Crippen LogP contribution in [-0.2, 0) is 31.0 Å². The van der Waals surface area contributed by atoms with E-state index in [4.69, 9.17) is 5.11 Å². The van der Waals surface area contributed by atoms with Gasteiger partial charge in [-0.2, -0.15) is 0 Å². The molecule has 0 aliphatic carbocycles. The van der Waals surface area contributed by atoms with Gasteiger partial charge in [0.2, 0.25) is 5.91 Å². The average Bonchev–Trinajstić information content (AvgIpc) is 2.65. The number of hydrogen-bond donors (Lipinski definition) is 2. The fourth-order valence-electron chi connectivity index (χ4n) is 2.86. The number of benzene rings is 1. The first-order chi connectivity index (χ1) is 8.05. The fraction of sp³-hybridized carbons (Fsp3) is 0.231. The topological polar surface area (TPSA) is 49.3 Å². The molecule has 0 spiro atoms. The first-order valence-corrected chi connectivity index (χ1v) is 8.70. The van der Waals surface area contributed by atoms with Crippen LogP contribution in [-0.4, -0.2) is 25.7 Å². The zero-order valence-corrected chi connectivity index (χ0v) is 16.1. The van der Waals surface area contributed by atoms with Gasteiger partial charge in [-0.1, -0.05) is 19.2 Å². The normalized spacial score (nSPS) is 13.3. The summed E-state index contributed by atoms with van der Waals surface area (Å²) in [7, 11) is -1.54. The van der Waals surface area contributed by atoms with Crippen LogP contribution in [0.15, 0.2) is 24.3 Å². The number of rotatable bonds is 2. The predicted octanol–water partition coefficient (Wildman–Crippen LogP) is -5.37. The molecule has 2 N–H and O–H groups in total. The molecule has 1 radical (unpaired) electrons. The molecule has 0 fully saturated rings. The number of halogens is 2. The van der Waals surface area contributed by atoms with E-state index in [1.807, 2.05) is 6.07 Å². The molecule has 3 rings (SSSR count). The molecule has 0 saturated carbocycles. The smallest absolute Gasteiger partial charge is 1.00 e. The molecular weight excluding hydrogens is 392 g/mol. The molecule has 0 aromatic heterocycles. The van der Waals surface area contributed by atoms with Crippen molar-refractivity contribution in [1.29, 1.82) is 0 Å². The first kappa shape index (κ1) is 19.9. The monoisotopic (exact) mass is 404 g/mol. The Kier molecular flexibility index (Phi) is 6.78. The molecule has 2 aromatic rings. The van der Waals surface area contributed by atoms with Crippen LogP contribution < -0.4 is 40.5 Å². The minimum absolute atomic E-state index is 0. The Bertz CT molecular complexity index is 643. The van der Waals surface area contributed by atoms with Gasteiger partial charge < -0.3 is 35.2 Å². The number of aliphatic hydroxyl groups is 1. The van der Waals surface area contributed by atoms with Crippen LogP contribution in [0.4, 0.5) is 5.69 Å². The molecule has 0 bridgehead atoms. The second kappa shape index (κ2) is 6.80. The molecule has 0 unspecified atom stereocenters. The average molecular weight is 406 g/mol. The van der Waals surface area contributed by atoms with E-state index in [0.717, 1.165) is 5.69 Å². The minimum atomic E-state index is -1.54. The number of aliphatic hydroxyl groups excluding tert-OH is 1. The Morgan fingerprint density at radius 2 is 2.00 bits per heavy atom. The summed E-state index contributed by atoms with van der Waals surface area (Å²) in [5, 5.41) is 16.9. The van der Waals surface area contributed by atoms with Crippen molar-refractivity contribution in [2.75, 3.05) is 11.9 Å². The van der Waals surface area contributed by atoms with Crippen molar-refractivity contribution in [2.24, 2.45) is 0 Å². The second-order valence-corrected chi connectivity index (χ2v) is 9.32. The molecule has 0 atom stereocenters. The van der Waals surface area contributed by atoms with E-state index in [0.29, 0.717) is 0 Å². The third kappa shape index (κ3) is 2.67. The van der Waals surface area contributed by atoms with Gasteiger partial charge in [0.1, 0.15) is 6.61 Å². The fourth-order valence-corrected chi connectivity index (χ4v) is 6.06. The molecule has 2 aromatic carbocycles. The van der Waals surface area contributed by atoms with Crippen LogP contribution in [0.2, 0.25) is 13.1 Å². The molecule has 105 valence electrons. The van der Waals surface area contributed by atoms with E-state index < -0.39 is 14.7 Å². The number of carbonyl (C=O) groups is 1. The Morgan fingerprint density at radius 3 is 2.60 bits per heavy atom. The van der Waals surface area contributed by atoms with Crippen molar-refractivity contribution in [3.8, 4) is 0 Å². The molecule has 1 amide bonds. The van der Waals surface area contributed by atoms with Crippen molar-refractivity contribution >= 4 is 40.8 Å².